The molecule has 0 aromatic carbocycles. The normalized spacial score (nSPS) is 12.2. The number of hydrogen-bond acceptors (Lipinski definition) is 3. The molecule has 0 radical (unpaired) electrons. The molecule has 0 saturated heterocycles. The summed E-state index contributed by atoms with van der Waals surface area (Å²) in [6.45, 7) is 3.35. The lowest BCUT2D eigenvalue weighted by Crippen LogP contribution is -3.06. The van der Waals surface area contributed by atoms with Crippen LogP contribution in [0, 0.1) is 10.1 Å². The molecule has 1 N–H and O–H groups in total. The molecule has 5 heteroatoms. The van der Waals surface area contributed by atoms with E-state index in [0.29, 0.717) is 0 Å². The molecule has 9 heavy (non-hydrogen) atoms. The summed E-state index contributed by atoms with van der Waals surface area (Å²) in [6.07, 6.45) is 1.37. The van der Waals surface area contributed by atoms with Gasteiger partial charge in [0.1, 0.15) is 6.54 Å². The summed E-state index contributed by atoms with van der Waals surface area (Å²) in [5.74, 6) is 0. The van der Waals surface area contributed by atoms with Gasteiger partial charge in [0.2, 0.25) is 7.05 Å². The van der Waals surface area contributed by atoms with Gasteiger partial charge in [0, 0.05) is 0 Å². The van der Waals surface area contributed by atoms with Gasteiger partial charge >= 0.3 is 0 Å². The fraction of sp³-hybridized carbons (Fsp3) is 0.500. The number of hydroxylamine groups is 2. The van der Waals surface area contributed by atoms with Crippen LogP contribution in [-0.4, -0.2) is 18.5 Å². The maximum absolute atomic E-state index is 10.3. The average molecular weight is 133 g/mol. The largest absolute Gasteiger partial charge is 0.586 e. The van der Waals surface area contributed by atoms with Crippen molar-refractivity contribution in [1.29, 1.82) is 0 Å². The predicted molar refractivity (Wildman–Crippen MR) is 30.0 cm³/mol. The highest BCUT2D eigenvalue weighted by Crippen LogP contribution is 1.56. The molecule has 0 aromatic heterocycles. The van der Waals surface area contributed by atoms with Gasteiger partial charge in [-0.05, 0) is 11.0 Å². The van der Waals surface area contributed by atoms with E-state index in [9.17, 15) is 10.1 Å². The first-order valence-corrected chi connectivity index (χ1v) is 2.39. The summed E-state index contributed by atoms with van der Waals surface area (Å²) in [6, 6.07) is 0. The molecule has 0 aliphatic rings. The third-order valence-corrected chi connectivity index (χ3v) is 0.541. The Morgan fingerprint density at radius 1 is 2.00 bits per heavy atom. The highest BCUT2D eigenvalue weighted by molar-refractivity contribution is 4.61. The second-order valence-corrected chi connectivity index (χ2v) is 1.40. The molecule has 0 spiro atoms. The summed E-state index contributed by atoms with van der Waals surface area (Å²) < 4.78 is 0. The van der Waals surface area contributed by atoms with Crippen molar-refractivity contribution in [3.63, 3.8) is 0 Å². The Kier molecular flexibility index (Phi) is 3.57. The first-order chi connectivity index (χ1) is 4.16. The Morgan fingerprint density at radius 2 is 2.56 bits per heavy atom. The second-order valence-electron chi connectivity index (χ2n) is 1.40. The lowest BCUT2D eigenvalue weighted by Gasteiger charge is -2.07. The van der Waals surface area contributed by atoms with Gasteiger partial charge in [-0.25, -0.2) is 0 Å². The summed E-state index contributed by atoms with van der Waals surface area (Å²) >= 11 is 0. The maximum Gasteiger partial charge on any atom is 0.269 e. The van der Waals surface area contributed by atoms with E-state index in [0.717, 1.165) is 7.05 Å². The van der Waals surface area contributed by atoms with Gasteiger partial charge in [0.15, 0.2) is 0 Å². The van der Waals surface area contributed by atoms with E-state index in [4.69, 9.17) is 0 Å². The van der Waals surface area contributed by atoms with Crippen molar-refractivity contribution in [2.24, 2.45) is 0 Å². The molecule has 5 nitrogen and oxygen atoms in total. The average Bonchev–Trinajstić information content (AvgIpc) is 1.63. The lowest BCUT2D eigenvalue weighted by molar-refractivity contribution is -1.21. The zero-order valence-corrected chi connectivity index (χ0v) is 5.16. The van der Waals surface area contributed by atoms with Crippen molar-refractivity contribution in [3.8, 4) is 0 Å². The Labute approximate surface area is 52.6 Å². The molecule has 52 valence electrons. The van der Waals surface area contributed by atoms with Crippen LogP contribution in [0.3, 0.4) is 0 Å². The number of nitrogens with zero attached hydrogens (tertiary/aromatic N) is 1. The van der Waals surface area contributed by atoms with Crippen LogP contribution in [0.1, 0.15) is 0 Å². The first-order valence-electron chi connectivity index (χ1n) is 2.39. The molecular formula is C4H9N2O3+. The zero-order chi connectivity index (χ0) is 7.28. The van der Waals surface area contributed by atoms with Gasteiger partial charge in [-0.15, -0.1) is 5.23 Å². The van der Waals surface area contributed by atoms with Crippen LogP contribution in [0.2, 0.25) is 0 Å². The molecule has 0 fully saturated rings. The summed E-state index contributed by atoms with van der Waals surface area (Å²) in [7, 11) is 1.10. The minimum absolute atomic E-state index is 0.0621. The monoisotopic (exact) mass is 133 g/mol. The SMILES string of the molecule is C=CC[NH+]([O-])O[N+](C)=O. The van der Waals surface area contributed by atoms with Crippen molar-refractivity contribution in [1.82, 2.24) is 0 Å². The van der Waals surface area contributed by atoms with Crippen molar-refractivity contribution in [2.75, 3.05) is 13.6 Å². The lowest BCUT2D eigenvalue weighted by atomic mass is 10.7. The first kappa shape index (κ1) is 8.06. The molecule has 0 bridgehead atoms. The van der Waals surface area contributed by atoms with Crippen LogP contribution in [0.5, 0.6) is 0 Å². The highest BCUT2D eigenvalue weighted by atomic mass is 17.0. The van der Waals surface area contributed by atoms with Gasteiger partial charge in [0.25, 0.3) is 4.92 Å². The van der Waals surface area contributed by atoms with Gasteiger partial charge in [-0.2, -0.15) is 0 Å². The summed E-state index contributed by atoms with van der Waals surface area (Å²) in [5, 5.41) is 9.72. The third kappa shape index (κ3) is 4.92. The molecule has 1 unspecified atom stereocenters. The van der Waals surface area contributed by atoms with Crippen LogP contribution in [-0.2, 0) is 4.94 Å². The van der Waals surface area contributed by atoms with Crippen LogP contribution in [0.4, 0.5) is 0 Å². The van der Waals surface area contributed by atoms with Crippen molar-refractivity contribution < 1.29 is 15.1 Å². The van der Waals surface area contributed by atoms with Crippen molar-refractivity contribution in [3.05, 3.63) is 22.8 Å². The number of hydrogen-bond donors (Lipinski definition) is 1. The third-order valence-electron chi connectivity index (χ3n) is 0.541. The second kappa shape index (κ2) is 3.99. The Balaban J connectivity index is 3.37. The van der Waals surface area contributed by atoms with Crippen LogP contribution < -0.4 is 5.23 Å². The maximum atomic E-state index is 10.3. The molecule has 1 atom stereocenters. The van der Waals surface area contributed by atoms with Crippen LogP contribution >= 0.6 is 0 Å². The van der Waals surface area contributed by atoms with E-state index < -0.39 is 5.23 Å². The molecule has 0 rings (SSSR count). The van der Waals surface area contributed by atoms with Crippen LogP contribution in [0.15, 0.2) is 12.7 Å². The van der Waals surface area contributed by atoms with Gasteiger partial charge in [-0.3, -0.25) is 0 Å². The molecule has 0 saturated carbocycles. The van der Waals surface area contributed by atoms with E-state index in [1.165, 1.54) is 6.08 Å². The number of quaternary nitrogens is 1. The Morgan fingerprint density at radius 3 is 2.89 bits per heavy atom. The molecule has 0 amide bonds. The van der Waals surface area contributed by atoms with Gasteiger partial charge in [0.05, 0.1) is 4.91 Å². The van der Waals surface area contributed by atoms with E-state index in [1.807, 2.05) is 0 Å². The summed E-state index contributed by atoms with van der Waals surface area (Å²) in [5.41, 5.74) is 0. The number of nitrogens with one attached hydrogen (secondary N) is 1. The predicted octanol–water partition coefficient (Wildman–Crippen LogP) is -1.19. The minimum Gasteiger partial charge on any atom is -0.586 e. The van der Waals surface area contributed by atoms with E-state index in [1.54, 1.807) is 0 Å². The quantitative estimate of drug-likeness (QED) is 0.387. The van der Waals surface area contributed by atoms with E-state index in [2.05, 4.69) is 11.5 Å². The van der Waals surface area contributed by atoms with Crippen LogP contribution in [0.25, 0.3) is 0 Å². The molecule has 0 heterocycles. The summed E-state index contributed by atoms with van der Waals surface area (Å²) in [4.78, 5) is 14.1. The topological polar surface area (TPSA) is 56.8 Å². The fourth-order valence-electron chi connectivity index (χ4n) is 0.299. The Hall–Kier alpha value is -0.940. The van der Waals surface area contributed by atoms with Crippen molar-refractivity contribution >= 4 is 0 Å². The smallest absolute Gasteiger partial charge is 0.269 e. The number of rotatable bonds is 4. The molecule has 0 aliphatic heterocycles. The van der Waals surface area contributed by atoms with Gasteiger partial charge < -0.3 is 5.21 Å². The van der Waals surface area contributed by atoms with E-state index in [-0.39, 0.29) is 11.5 Å². The molecular weight excluding hydrogens is 124 g/mol. The minimum atomic E-state index is -0.595. The van der Waals surface area contributed by atoms with E-state index >= 15 is 0 Å². The van der Waals surface area contributed by atoms with Crippen molar-refractivity contribution in [2.45, 2.75) is 0 Å². The molecule has 0 aliphatic carbocycles. The van der Waals surface area contributed by atoms with Gasteiger partial charge in [-0.1, -0.05) is 6.58 Å². The fourth-order valence-corrected chi connectivity index (χ4v) is 0.299. The highest BCUT2D eigenvalue weighted by Gasteiger charge is 2.03. The Bertz CT molecular complexity index is 114. The zero-order valence-electron chi connectivity index (χ0n) is 5.16. The molecule has 0 aromatic rings. The standard InChI is InChI=1S/C4H9N2O3/c1-3-4-6(8)9-5(2)7/h3,6H,1,4H2,2H3/q+1.